The molecular formula is C25H29FN4O. The van der Waals surface area contributed by atoms with Crippen molar-refractivity contribution in [3.63, 3.8) is 0 Å². The number of ether oxygens (including phenoxy) is 1. The van der Waals surface area contributed by atoms with Crippen molar-refractivity contribution in [2.24, 2.45) is 10.8 Å². The minimum absolute atomic E-state index is 0.305. The third-order valence-corrected chi connectivity index (χ3v) is 7.32. The number of pyridine rings is 1. The summed E-state index contributed by atoms with van der Waals surface area (Å²) in [6.07, 6.45) is 7.06. The van der Waals surface area contributed by atoms with E-state index in [2.05, 4.69) is 22.2 Å². The molecule has 1 aliphatic carbocycles. The Morgan fingerprint density at radius 2 is 2.03 bits per heavy atom. The summed E-state index contributed by atoms with van der Waals surface area (Å²) < 4.78 is 20.9. The van der Waals surface area contributed by atoms with Gasteiger partial charge in [-0.25, -0.2) is 9.37 Å². The van der Waals surface area contributed by atoms with E-state index >= 15 is 0 Å². The fraction of sp³-hybridized carbons (Fsp3) is 0.480. The van der Waals surface area contributed by atoms with Gasteiger partial charge in [0.05, 0.1) is 11.1 Å². The van der Waals surface area contributed by atoms with Crippen molar-refractivity contribution < 1.29 is 9.13 Å². The van der Waals surface area contributed by atoms with E-state index < -0.39 is 0 Å². The van der Waals surface area contributed by atoms with Crippen molar-refractivity contribution in [1.82, 2.24) is 20.3 Å². The Balaban J connectivity index is 1.43. The fourth-order valence-electron chi connectivity index (χ4n) is 5.24. The molecule has 1 aliphatic heterocycles. The number of nitrogens with one attached hydrogen (secondary N) is 1. The number of fused-ring (bicyclic) bond motifs is 2. The average molecular weight is 421 g/mol. The molecule has 2 atom stereocenters. The Bertz CT molecular complexity index is 1110. The first-order valence-corrected chi connectivity index (χ1v) is 11.2. The average Bonchev–Trinajstić information content (AvgIpc) is 3.40. The number of nitrogens with zero attached hydrogens (tertiary/aromatic N) is 3. The molecule has 2 aliphatic rings. The quantitative estimate of drug-likeness (QED) is 0.623. The largest absolute Gasteiger partial charge is 0.472 e. The van der Waals surface area contributed by atoms with Gasteiger partial charge in [0, 0.05) is 19.2 Å². The highest BCUT2D eigenvalue weighted by Crippen LogP contribution is 2.68. The van der Waals surface area contributed by atoms with Gasteiger partial charge in [-0.2, -0.15) is 4.98 Å². The van der Waals surface area contributed by atoms with E-state index in [1.165, 1.54) is 19.3 Å². The van der Waals surface area contributed by atoms with Gasteiger partial charge in [-0.15, -0.1) is 0 Å². The molecule has 1 saturated carbocycles. The van der Waals surface area contributed by atoms with E-state index in [0.717, 1.165) is 31.5 Å². The first kappa shape index (κ1) is 20.3. The molecule has 2 unspecified atom stereocenters. The first-order valence-electron chi connectivity index (χ1n) is 11.2. The van der Waals surface area contributed by atoms with Crippen LogP contribution in [-0.2, 0) is 13.0 Å². The Kier molecular flexibility index (Phi) is 5.13. The summed E-state index contributed by atoms with van der Waals surface area (Å²) in [5.74, 6) is 0.675. The second-order valence-corrected chi connectivity index (χ2v) is 9.44. The van der Waals surface area contributed by atoms with Gasteiger partial charge in [0.15, 0.2) is 5.82 Å². The molecule has 0 spiro atoms. The van der Waals surface area contributed by atoms with E-state index in [1.807, 2.05) is 30.3 Å². The van der Waals surface area contributed by atoms with Crippen molar-refractivity contribution in [2.75, 3.05) is 13.1 Å². The monoisotopic (exact) mass is 420 g/mol. The van der Waals surface area contributed by atoms with E-state index in [0.29, 0.717) is 45.7 Å². The van der Waals surface area contributed by atoms with E-state index in [9.17, 15) is 4.39 Å². The van der Waals surface area contributed by atoms with Crippen LogP contribution in [0.3, 0.4) is 0 Å². The topological polar surface area (TPSA) is 59.9 Å². The van der Waals surface area contributed by atoms with Crippen LogP contribution in [-0.4, -0.2) is 28.0 Å². The molecule has 1 N–H and O–H groups in total. The zero-order valence-corrected chi connectivity index (χ0v) is 18.2. The van der Waals surface area contributed by atoms with Crippen molar-refractivity contribution >= 4 is 10.9 Å². The smallest absolute Gasteiger partial charge is 0.226 e. The zero-order valence-electron chi connectivity index (χ0n) is 18.2. The minimum atomic E-state index is -0.390. The normalized spacial score (nSPS) is 25.1. The van der Waals surface area contributed by atoms with Gasteiger partial charge < -0.3 is 10.1 Å². The molecule has 1 saturated heterocycles. The van der Waals surface area contributed by atoms with Gasteiger partial charge in [0.2, 0.25) is 5.88 Å². The van der Waals surface area contributed by atoms with E-state index in [-0.39, 0.29) is 5.82 Å². The number of rotatable bonds is 6. The van der Waals surface area contributed by atoms with Crippen molar-refractivity contribution in [1.29, 1.82) is 0 Å². The lowest BCUT2D eigenvalue weighted by Crippen LogP contribution is -2.23. The maximum atomic E-state index is 14.9. The summed E-state index contributed by atoms with van der Waals surface area (Å²) >= 11 is 0. The molecule has 5 nitrogen and oxygen atoms in total. The summed E-state index contributed by atoms with van der Waals surface area (Å²) in [5, 5.41) is 4.10. The molecule has 31 heavy (non-hydrogen) atoms. The van der Waals surface area contributed by atoms with Crippen LogP contribution < -0.4 is 10.1 Å². The van der Waals surface area contributed by atoms with Crippen LogP contribution in [0.5, 0.6) is 5.88 Å². The molecule has 3 aromatic rings. The number of hydrogen-bond donors (Lipinski definition) is 1. The van der Waals surface area contributed by atoms with Gasteiger partial charge in [-0.3, -0.25) is 4.98 Å². The van der Waals surface area contributed by atoms with Gasteiger partial charge in [0.1, 0.15) is 17.9 Å². The highest BCUT2D eigenvalue weighted by molar-refractivity contribution is 5.83. The molecule has 1 aromatic carbocycles. The molecule has 2 aromatic heterocycles. The van der Waals surface area contributed by atoms with Crippen molar-refractivity contribution in [3.05, 3.63) is 59.4 Å². The maximum absolute atomic E-state index is 14.9. The molecular weight excluding hydrogens is 391 g/mol. The predicted octanol–water partition coefficient (Wildman–Crippen LogP) is 4.76. The molecule has 0 bridgehead atoms. The maximum Gasteiger partial charge on any atom is 0.226 e. The van der Waals surface area contributed by atoms with Crippen molar-refractivity contribution in [2.45, 2.75) is 52.6 Å². The fourth-order valence-corrected chi connectivity index (χ4v) is 5.24. The van der Waals surface area contributed by atoms with Gasteiger partial charge in [0.25, 0.3) is 0 Å². The van der Waals surface area contributed by atoms with Crippen LogP contribution in [0.25, 0.3) is 10.9 Å². The number of halogens is 1. The summed E-state index contributed by atoms with van der Waals surface area (Å²) in [6, 6.07) is 9.92. The Labute approximate surface area is 182 Å². The lowest BCUT2D eigenvalue weighted by molar-refractivity contribution is 0.294. The van der Waals surface area contributed by atoms with Crippen LogP contribution in [0.15, 0.2) is 36.5 Å². The Morgan fingerprint density at radius 1 is 1.19 bits per heavy atom. The highest BCUT2D eigenvalue weighted by Gasteiger charge is 2.62. The molecule has 162 valence electrons. The molecule has 6 heteroatoms. The first-order chi connectivity index (χ1) is 15.0. The third-order valence-electron chi connectivity index (χ3n) is 7.32. The van der Waals surface area contributed by atoms with Gasteiger partial charge in [-0.1, -0.05) is 37.3 Å². The standard InChI is InChI=1S/C25H29FN4O/c1-17-21(26)22-19(13-28-17)23(31-14-18-7-4-3-5-8-18)30-20(29-22)9-11-25-10-6-12-27-16-24(25,2)15-25/h3-5,7-8,13,27H,6,9-12,14-16H2,1-2H3. The van der Waals surface area contributed by atoms with Crippen LogP contribution >= 0.6 is 0 Å². The summed E-state index contributed by atoms with van der Waals surface area (Å²) in [7, 11) is 0. The second kappa shape index (κ2) is 7.83. The van der Waals surface area contributed by atoms with Crippen molar-refractivity contribution in [3.8, 4) is 5.88 Å². The Hall–Kier alpha value is -2.60. The summed E-state index contributed by atoms with van der Waals surface area (Å²) in [5.41, 5.74) is 2.40. The lowest BCUT2D eigenvalue weighted by atomic mass is 9.86. The lowest BCUT2D eigenvalue weighted by Gasteiger charge is -2.20. The SMILES string of the molecule is Cc1ncc2c(OCc3ccccc3)nc(CCC34CCCNCC3(C)C4)nc2c1F. The molecule has 0 amide bonds. The number of aromatic nitrogens is 3. The number of aryl methyl sites for hydroxylation is 2. The van der Waals surface area contributed by atoms with Gasteiger partial charge in [-0.05, 0) is 55.5 Å². The second-order valence-electron chi connectivity index (χ2n) is 9.44. The van der Waals surface area contributed by atoms with Crippen LogP contribution in [0.4, 0.5) is 4.39 Å². The molecule has 3 heterocycles. The summed E-state index contributed by atoms with van der Waals surface area (Å²) in [4.78, 5) is 13.5. The highest BCUT2D eigenvalue weighted by atomic mass is 19.1. The minimum Gasteiger partial charge on any atom is -0.472 e. The van der Waals surface area contributed by atoms with E-state index in [4.69, 9.17) is 9.72 Å². The number of benzene rings is 1. The predicted molar refractivity (Wildman–Crippen MR) is 118 cm³/mol. The third kappa shape index (κ3) is 3.78. The molecule has 5 rings (SSSR count). The van der Waals surface area contributed by atoms with Crippen LogP contribution in [0.2, 0.25) is 0 Å². The Morgan fingerprint density at radius 3 is 2.87 bits per heavy atom. The molecule has 0 radical (unpaired) electrons. The molecule has 2 fully saturated rings. The zero-order chi connectivity index (χ0) is 21.5. The van der Waals surface area contributed by atoms with E-state index in [1.54, 1.807) is 13.1 Å². The number of hydrogen-bond acceptors (Lipinski definition) is 5. The van der Waals surface area contributed by atoms with Crippen LogP contribution in [0.1, 0.15) is 49.7 Å². The summed E-state index contributed by atoms with van der Waals surface area (Å²) in [6.45, 7) is 6.59. The van der Waals surface area contributed by atoms with Gasteiger partial charge >= 0.3 is 0 Å². The van der Waals surface area contributed by atoms with Crippen LogP contribution in [0, 0.1) is 23.6 Å².